The minimum atomic E-state index is -0.329. The molecule has 0 N–H and O–H groups in total. The first-order valence-corrected chi connectivity index (χ1v) is 4.71. The van der Waals surface area contributed by atoms with Crippen LogP contribution in [0.2, 0.25) is 0 Å². The summed E-state index contributed by atoms with van der Waals surface area (Å²) in [5.74, 6) is -0.315. The summed E-state index contributed by atoms with van der Waals surface area (Å²) in [4.78, 5) is 14.6. The molecule has 0 bridgehead atoms. The summed E-state index contributed by atoms with van der Waals surface area (Å²) in [5, 5.41) is 1.46. The number of carbonyl (C=O) groups excluding carboxylic acids is 1. The Morgan fingerprint density at radius 2 is 2.29 bits per heavy atom. The Bertz CT molecular complexity index is 313. The number of nitrogens with zero attached hydrogens (tertiary/aromatic N) is 1. The Balaban J connectivity index is 2.57. The molecule has 0 saturated heterocycles. The summed E-state index contributed by atoms with van der Waals surface area (Å²) in [6.07, 6.45) is 3.67. The molecule has 1 heterocycles. The maximum atomic E-state index is 10.7. The second kappa shape index (κ2) is 5.44. The van der Waals surface area contributed by atoms with Gasteiger partial charge in [0.05, 0.1) is 0 Å². The van der Waals surface area contributed by atoms with Gasteiger partial charge in [0.1, 0.15) is 6.10 Å². The first-order valence-electron chi connectivity index (χ1n) is 4.24. The Morgan fingerprint density at radius 3 is 2.79 bits per heavy atom. The van der Waals surface area contributed by atoms with E-state index in [0.717, 1.165) is 5.56 Å². The molecule has 0 spiro atoms. The van der Waals surface area contributed by atoms with E-state index < -0.39 is 0 Å². The van der Waals surface area contributed by atoms with E-state index in [9.17, 15) is 4.79 Å². The van der Waals surface area contributed by atoms with E-state index in [-0.39, 0.29) is 12.1 Å². The van der Waals surface area contributed by atoms with Crippen molar-refractivity contribution in [3.8, 4) is 0 Å². The predicted octanol–water partition coefficient (Wildman–Crippen LogP) is 1.56. The third-order valence-electron chi connectivity index (χ3n) is 1.66. The maximum Gasteiger partial charge on any atom is 0.303 e. The molecule has 14 heavy (non-hydrogen) atoms. The first kappa shape index (κ1) is 10.8. The second-order valence-electron chi connectivity index (χ2n) is 2.84. The number of esters is 1. The standard InChI is InChI=1S/C10H11NO2S/c1-8(12)13-10(7-14)6-9-2-4-11-5-3-9/h2-5,7,10H,6H2,1H3. The van der Waals surface area contributed by atoms with Crippen molar-refractivity contribution >= 4 is 23.6 Å². The van der Waals surface area contributed by atoms with Gasteiger partial charge in [-0.05, 0) is 17.7 Å². The van der Waals surface area contributed by atoms with Gasteiger partial charge >= 0.3 is 5.97 Å². The number of pyridine rings is 1. The van der Waals surface area contributed by atoms with E-state index in [1.54, 1.807) is 12.4 Å². The van der Waals surface area contributed by atoms with Crippen molar-refractivity contribution in [3.05, 3.63) is 30.1 Å². The van der Waals surface area contributed by atoms with Crippen molar-refractivity contribution in [3.63, 3.8) is 0 Å². The Hall–Kier alpha value is -1.29. The number of rotatable bonds is 4. The van der Waals surface area contributed by atoms with Gasteiger partial charge in [0.15, 0.2) is 0 Å². The number of hydrogen-bond acceptors (Lipinski definition) is 4. The molecule has 0 fully saturated rings. The molecule has 3 nitrogen and oxygen atoms in total. The van der Waals surface area contributed by atoms with Crippen LogP contribution in [0.25, 0.3) is 0 Å². The Kier molecular flexibility index (Phi) is 4.19. The second-order valence-corrected chi connectivity index (χ2v) is 3.12. The Labute approximate surface area is 88.1 Å². The van der Waals surface area contributed by atoms with Gasteiger partial charge in [0, 0.05) is 31.1 Å². The van der Waals surface area contributed by atoms with Crippen LogP contribution < -0.4 is 0 Å². The molecule has 4 heteroatoms. The predicted molar refractivity (Wildman–Crippen MR) is 57.2 cm³/mol. The largest absolute Gasteiger partial charge is 0.457 e. The molecule has 0 saturated carbocycles. The van der Waals surface area contributed by atoms with Crippen LogP contribution in [-0.4, -0.2) is 22.4 Å². The molecule has 1 unspecified atom stereocenters. The van der Waals surface area contributed by atoms with E-state index in [1.807, 2.05) is 12.1 Å². The van der Waals surface area contributed by atoms with Gasteiger partial charge in [-0.15, -0.1) is 0 Å². The van der Waals surface area contributed by atoms with Crippen LogP contribution in [0.5, 0.6) is 0 Å². The highest BCUT2D eigenvalue weighted by atomic mass is 32.1. The molecule has 0 aliphatic carbocycles. The Morgan fingerprint density at radius 1 is 1.64 bits per heavy atom. The molecule has 0 aliphatic rings. The SMILES string of the molecule is CC(=O)OC(C=S)Cc1ccncc1. The van der Waals surface area contributed by atoms with E-state index in [4.69, 9.17) is 17.0 Å². The topological polar surface area (TPSA) is 39.2 Å². The normalized spacial score (nSPS) is 11.8. The zero-order chi connectivity index (χ0) is 10.4. The van der Waals surface area contributed by atoms with E-state index in [0.29, 0.717) is 6.42 Å². The summed E-state index contributed by atoms with van der Waals surface area (Å²) in [6.45, 7) is 1.37. The lowest BCUT2D eigenvalue weighted by molar-refractivity contribution is -0.142. The van der Waals surface area contributed by atoms with Crippen molar-refractivity contribution < 1.29 is 9.53 Å². The number of aromatic nitrogens is 1. The van der Waals surface area contributed by atoms with Gasteiger partial charge in [-0.2, -0.15) is 0 Å². The van der Waals surface area contributed by atoms with Gasteiger partial charge < -0.3 is 4.74 Å². The minimum Gasteiger partial charge on any atom is -0.457 e. The van der Waals surface area contributed by atoms with Gasteiger partial charge in [0.25, 0.3) is 0 Å². The van der Waals surface area contributed by atoms with Crippen molar-refractivity contribution in [2.75, 3.05) is 0 Å². The lowest BCUT2D eigenvalue weighted by Crippen LogP contribution is -2.19. The summed E-state index contributed by atoms with van der Waals surface area (Å²) >= 11 is 4.77. The van der Waals surface area contributed by atoms with Crippen molar-refractivity contribution in [1.29, 1.82) is 0 Å². The summed E-state index contributed by atoms with van der Waals surface area (Å²) < 4.78 is 4.98. The third-order valence-corrected chi connectivity index (χ3v) is 1.96. The van der Waals surface area contributed by atoms with Crippen LogP contribution in [0, 0.1) is 0 Å². The van der Waals surface area contributed by atoms with E-state index in [2.05, 4.69) is 4.98 Å². The molecule has 0 amide bonds. The van der Waals surface area contributed by atoms with Crippen LogP contribution in [0.3, 0.4) is 0 Å². The van der Waals surface area contributed by atoms with Crippen molar-refractivity contribution in [2.45, 2.75) is 19.4 Å². The van der Waals surface area contributed by atoms with Gasteiger partial charge in [0.2, 0.25) is 0 Å². The van der Waals surface area contributed by atoms with Gasteiger partial charge in [-0.25, -0.2) is 0 Å². The van der Waals surface area contributed by atoms with Gasteiger partial charge in [-0.3, -0.25) is 9.78 Å². The highest BCUT2D eigenvalue weighted by Gasteiger charge is 2.08. The zero-order valence-corrected chi connectivity index (χ0v) is 8.66. The molecule has 0 aromatic carbocycles. The van der Waals surface area contributed by atoms with Crippen molar-refractivity contribution in [1.82, 2.24) is 4.98 Å². The molecular weight excluding hydrogens is 198 g/mol. The van der Waals surface area contributed by atoms with Crippen LogP contribution in [0.15, 0.2) is 24.5 Å². The molecule has 0 radical (unpaired) electrons. The minimum absolute atomic E-state index is 0.315. The van der Waals surface area contributed by atoms with Crippen LogP contribution >= 0.6 is 12.2 Å². The summed E-state index contributed by atoms with van der Waals surface area (Å²) in [7, 11) is 0. The summed E-state index contributed by atoms with van der Waals surface area (Å²) in [6, 6.07) is 3.74. The molecule has 1 rings (SSSR count). The molecule has 0 aliphatic heterocycles. The lowest BCUT2D eigenvalue weighted by Gasteiger charge is -2.11. The molecular formula is C10H11NO2S. The first-order chi connectivity index (χ1) is 6.72. The van der Waals surface area contributed by atoms with Crippen LogP contribution in [-0.2, 0) is 16.0 Å². The number of carbonyl (C=O) groups is 1. The fourth-order valence-electron chi connectivity index (χ4n) is 1.08. The average Bonchev–Trinajstić information content (AvgIpc) is 2.17. The van der Waals surface area contributed by atoms with Crippen LogP contribution in [0.1, 0.15) is 12.5 Å². The highest BCUT2D eigenvalue weighted by Crippen LogP contribution is 2.03. The smallest absolute Gasteiger partial charge is 0.303 e. The van der Waals surface area contributed by atoms with E-state index >= 15 is 0 Å². The number of thiocarbonyl (C=S) groups is 1. The summed E-state index contributed by atoms with van der Waals surface area (Å²) in [5.41, 5.74) is 1.05. The van der Waals surface area contributed by atoms with Crippen molar-refractivity contribution in [2.24, 2.45) is 0 Å². The maximum absolute atomic E-state index is 10.7. The monoisotopic (exact) mass is 209 g/mol. The number of ether oxygens (including phenoxy) is 1. The lowest BCUT2D eigenvalue weighted by atomic mass is 10.1. The fourth-order valence-corrected chi connectivity index (χ4v) is 1.23. The molecule has 1 aromatic heterocycles. The molecule has 1 aromatic rings. The zero-order valence-electron chi connectivity index (χ0n) is 7.84. The van der Waals surface area contributed by atoms with E-state index in [1.165, 1.54) is 12.3 Å². The van der Waals surface area contributed by atoms with Gasteiger partial charge in [-0.1, -0.05) is 12.2 Å². The number of hydrogen-bond donors (Lipinski definition) is 0. The molecule has 1 atom stereocenters. The van der Waals surface area contributed by atoms with Crippen LogP contribution in [0.4, 0.5) is 0 Å². The highest BCUT2D eigenvalue weighted by molar-refractivity contribution is 7.79. The quantitative estimate of drug-likeness (QED) is 0.557. The molecule has 74 valence electrons. The average molecular weight is 209 g/mol. The third kappa shape index (κ3) is 3.62. The fraction of sp³-hybridized carbons (Fsp3) is 0.300.